The standard InChI is InChI=1S/C20H22N4O4/c25-18(13-6-7-14-15(11-13)23-20(27)19(26)22-14)21-12-16(17-5-4-10-28-17)24-8-2-1-3-9-24/h4-7,10-11,16H,1-3,8-9,12H2,(H,21,25)(H,22,26)(H,23,27)/t16-/m0/s1. The van der Waals surface area contributed by atoms with Gasteiger partial charge >= 0.3 is 11.1 Å². The molecule has 0 spiro atoms. The van der Waals surface area contributed by atoms with E-state index >= 15 is 0 Å². The van der Waals surface area contributed by atoms with E-state index in [-0.39, 0.29) is 11.9 Å². The number of H-pyrrole nitrogens is 2. The highest BCUT2D eigenvalue weighted by atomic mass is 16.3. The monoisotopic (exact) mass is 382 g/mol. The molecule has 1 saturated heterocycles. The van der Waals surface area contributed by atoms with Gasteiger partial charge in [0.25, 0.3) is 5.91 Å². The van der Waals surface area contributed by atoms with Crippen LogP contribution < -0.4 is 16.4 Å². The molecule has 0 radical (unpaired) electrons. The molecule has 1 aliphatic heterocycles. The molecule has 1 atom stereocenters. The number of aromatic amines is 2. The molecule has 146 valence electrons. The van der Waals surface area contributed by atoms with Crippen molar-refractivity contribution in [2.24, 2.45) is 0 Å². The summed E-state index contributed by atoms with van der Waals surface area (Å²) >= 11 is 0. The van der Waals surface area contributed by atoms with Crippen LogP contribution in [0.3, 0.4) is 0 Å². The Bertz CT molecular complexity index is 1080. The van der Waals surface area contributed by atoms with Crippen LogP contribution in [0.25, 0.3) is 11.0 Å². The fraction of sp³-hybridized carbons (Fsp3) is 0.350. The van der Waals surface area contributed by atoms with Crippen molar-refractivity contribution in [2.75, 3.05) is 19.6 Å². The summed E-state index contributed by atoms with van der Waals surface area (Å²) < 4.78 is 5.60. The predicted molar refractivity (Wildman–Crippen MR) is 104 cm³/mol. The summed E-state index contributed by atoms with van der Waals surface area (Å²) in [7, 11) is 0. The normalized spacial score (nSPS) is 16.1. The molecule has 28 heavy (non-hydrogen) atoms. The van der Waals surface area contributed by atoms with Gasteiger partial charge in [-0.15, -0.1) is 0 Å². The highest BCUT2D eigenvalue weighted by Crippen LogP contribution is 2.24. The molecule has 1 amide bonds. The van der Waals surface area contributed by atoms with Crippen molar-refractivity contribution in [3.05, 3.63) is 68.6 Å². The van der Waals surface area contributed by atoms with Crippen molar-refractivity contribution in [1.82, 2.24) is 20.2 Å². The third-order valence-corrected chi connectivity index (χ3v) is 5.14. The summed E-state index contributed by atoms with van der Waals surface area (Å²) in [5.41, 5.74) is -0.161. The van der Waals surface area contributed by atoms with Crippen molar-refractivity contribution < 1.29 is 9.21 Å². The maximum Gasteiger partial charge on any atom is 0.314 e. The highest BCUT2D eigenvalue weighted by Gasteiger charge is 2.25. The molecule has 4 rings (SSSR count). The molecular weight excluding hydrogens is 360 g/mol. The fourth-order valence-electron chi connectivity index (χ4n) is 3.67. The Balaban J connectivity index is 1.51. The summed E-state index contributed by atoms with van der Waals surface area (Å²) in [5.74, 6) is 0.588. The molecule has 0 aliphatic carbocycles. The minimum Gasteiger partial charge on any atom is -0.468 e. The number of nitrogens with zero attached hydrogens (tertiary/aromatic N) is 1. The molecule has 2 aromatic heterocycles. The summed E-state index contributed by atoms with van der Waals surface area (Å²) in [6.07, 6.45) is 5.16. The lowest BCUT2D eigenvalue weighted by Crippen LogP contribution is -2.40. The Hall–Kier alpha value is -3.13. The molecule has 0 unspecified atom stereocenters. The van der Waals surface area contributed by atoms with Gasteiger partial charge in [0.2, 0.25) is 0 Å². The number of hydrogen-bond donors (Lipinski definition) is 3. The lowest BCUT2D eigenvalue weighted by molar-refractivity contribution is 0.0914. The van der Waals surface area contributed by atoms with Gasteiger partial charge < -0.3 is 19.7 Å². The quantitative estimate of drug-likeness (QED) is 0.583. The van der Waals surface area contributed by atoms with Gasteiger partial charge in [-0.2, -0.15) is 0 Å². The highest BCUT2D eigenvalue weighted by molar-refractivity contribution is 5.97. The molecule has 0 bridgehead atoms. The van der Waals surface area contributed by atoms with Crippen LogP contribution in [0.5, 0.6) is 0 Å². The number of hydrogen-bond acceptors (Lipinski definition) is 5. The molecule has 1 fully saturated rings. The Morgan fingerprint density at radius 1 is 1.07 bits per heavy atom. The Morgan fingerprint density at radius 2 is 1.82 bits per heavy atom. The van der Waals surface area contributed by atoms with Gasteiger partial charge in [-0.1, -0.05) is 6.42 Å². The first kappa shape index (κ1) is 18.2. The van der Waals surface area contributed by atoms with Gasteiger partial charge in [0.1, 0.15) is 5.76 Å². The number of piperidine rings is 1. The van der Waals surface area contributed by atoms with Gasteiger partial charge in [-0.05, 0) is 56.3 Å². The molecule has 0 saturated carbocycles. The second-order valence-electron chi connectivity index (χ2n) is 7.01. The van der Waals surface area contributed by atoms with E-state index in [0.717, 1.165) is 31.7 Å². The van der Waals surface area contributed by atoms with Crippen molar-refractivity contribution in [3.63, 3.8) is 0 Å². The Labute approximate surface area is 160 Å². The lowest BCUT2D eigenvalue weighted by atomic mass is 10.1. The van der Waals surface area contributed by atoms with E-state index in [4.69, 9.17) is 4.42 Å². The molecule has 1 aliphatic rings. The van der Waals surface area contributed by atoms with E-state index in [2.05, 4.69) is 20.2 Å². The average Bonchev–Trinajstić information content (AvgIpc) is 3.24. The Kier molecular flexibility index (Phi) is 5.12. The molecule has 3 aromatic rings. The number of benzene rings is 1. The number of carbonyl (C=O) groups is 1. The van der Waals surface area contributed by atoms with Crippen LogP contribution in [-0.4, -0.2) is 40.4 Å². The first-order valence-corrected chi connectivity index (χ1v) is 9.44. The third-order valence-electron chi connectivity index (χ3n) is 5.14. The third kappa shape index (κ3) is 3.77. The lowest BCUT2D eigenvalue weighted by Gasteiger charge is -2.33. The summed E-state index contributed by atoms with van der Waals surface area (Å²) in [5, 5.41) is 2.97. The summed E-state index contributed by atoms with van der Waals surface area (Å²) in [6, 6.07) is 8.56. The first-order chi connectivity index (χ1) is 13.6. The number of amides is 1. The second kappa shape index (κ2) is 7.85. The number of fused-ring (bicyclic) bond motifs is 1. The first-order valence-electron chi connectivity index (χ1n) is 9.44. The molecule has 8 nitrogen and oxygen atoms in total. The van der Waals surface area contributed by atoms with E-state index in [1.165, 1.54) is 6.42 Å². The van der Waals surface area contributed by atoms with Gasteiger partial charge in [0.05, 0.1) is 23.3 Å². The molecule has 8 heteroatoms. The van der Waals surface area contributed by atoms with E-state index in [0.29, 0.717) is 23.1 Å². The minimum absolute atomic E-state index is 0.0177. The van der Waals surface area contributed by atoms with Crippen LogP contribution in [0, 0.1) is 0 Å². The summed E-state index contributed by atoms with van der Waals surface area (Å²) in [6.45, 7) is 2.38. The van der Waals surface area contributed by atoms with Crippen molar-refractivity contribution in [2.45, 2.75) is 25.3 Å². The van der Waals surface area contributed by atoms with Gasteiger partial charge in [-0.3, -0.25) is 19.3 Å². The molecule has 3 N–H and O–H groups in total. The predicted octanol–water partition coefficient (Wildman–Crippen LogP) is 1.77. The van der Waals surface area contributed by atoms with E-state index in [9.17, 15) is 14.4 Å². The maximum absolute atomic E-state index is 12.7. The van der Waals surface area contributed by atoms with Crippen LogP contribution in [-0.2, 0) is 0 Å². The number of aromatic nitrogens is 2. The van der Waals surface area contributed by atoms with Crippen LogP contribution in [0.4, 0.5) is 0 Å². The number of rotatable bonds is 5. The van der Waals surface area contributed by atoms with Crippen molar-refractivity contribution in [3.8, 4) is 0 Å². The zero-order valence-corrected chi connectivity index (χ0v) is 15.4. The van der Waals surface area contributed by atoms with Gasteiger partial charge in [-0.25, -0.2) is 0 Å². The molecular formula is C20H22N4O4. The number of likely N-dealkylation sites (tertiary alicyclic amines) is 1. The summed E-state index contributed by atoms with van der Waals surface area (Å²) in [4.78, 5) is 42.9. The topological polar surface area (TPSA) is 111 Å². The van der Waals surface area contributed by atoms with Crippen LogP contribution in [0.1, 0.15) is 41.4 Å². The zero-order chi connectivity index (χ0) is 19.5. The second-order valence-corrected chi connectivity index (χ2v) is 7.01. The van der Waals surface area contributed by atoms with E-state index in [1.807, 2.05) is 12.1 Å². The molecule has 1 aromatic carbocycles. The van der Waals surface area contributed by atoms with E-state index in [1.54, 1.807) is 24.5 Å². The van der Waals surface area contributed by atoms with Crippen LogP contribution >= 0.6 is 0 Å². The zero-order valence-electron chi connectivity index (χ0n) is 15.4. The number of nitrogens with one attached hydrogen (secondary N) is 3. The van der Waals surface area contributed by atoms with Crippen molar-refractivity contribution in [1.29, 1.82) is 0 Å². The van der Waals surface area contributed by atoms with E-state index < -0.39 is 11.1 Å². The average molecular weight is 382 g/mol. The SMILES string of the molecule is O=C(NC[C@@H](c1ccco1)N1CCCCC1)c1ccc2[nH]c(=O)c(=O)[nH]c2c1. The molecule has 3 heterocycles. The fourth-order valence-corrected chi connectivity index (χ4v) is 3.67. The number of carbonyl (C=O) groups excluding carboxylic acids is 1. The van der Waals surface area contributed by atoms with Gasteiger partial charge in [0.15, 0.2) is 0 Å². The van der Waals surface area contributed by atoms with Crippen molar-refractivity contribution >= 4 is 16.9 Å². The van der Waals surface area contributed by atoms with Crippen LogP contribution in [0.2, 0.25) is 0 Å². The largest absolute Gasteiger partial charge is 0.468 e. The maximum atomic E-state index is 12.7. The minimum atomic E-state index is -0.743. The Morgan fingerprint density at radius 3 is 2.54 bits per heavy atom. The smallest absolute Gasteiger partial charge is 0.314 e. The number of furan rings is 1. The van der Waals surface area contributed by atoms with Crippen LogP contribution in [0.15, 0.2) is 50.6 Å². The van der Waals surface area contributed by atoms with Gasteiger partial charge in [0, 0.05) is 12.1 Å².